The fourth-order valence-electron chi connectivity index (χ4n) is 1.90. The van der Waals surface area contributed by atoms with Crippen molar-refractivity contribution in [3.05, 3.63) is 42.5 Å². The molecule has 1 atom stereocenters. The van der Waals surface area contributed by atoms with Gasteiger partial charge in [0.15, 0.2) is 0 Å². The zero-order valence-corrected chi connectivity index (χ0v) is 13.2. The second-order valence-corrected chi connectivity index (χ2v) is 5.52. The van der Waals surface area contributed by atoms with Crippen molar-refractivity contribution in [2.24, 2.45) is 11.7 Å². The number of nitrogens with two attached hydrogens (primary N) is 1. The number of rotatable bonds is 8. The molecule has 0 aliphatic rings. The molecule has 2 N–H and O–H groups in total. The molecule has 0 aromatic heterocycles. The van der Waals surface area contributed by atoms with Crippen LogP contribution in [0.25, 0.3) is 0 Å². The van der Waals surface area contributed by atoms with E-state index in [-0.39, 0.29) is 11.9 Å². The van der Waals surface area contributed by atoms with Gasteiger partial charge in [0.1, 0.15) is 12.4 Å². The minimum atomic E-state index is -0.0504. The van der Waals surface area contributed by atoms with E-state index in [4.69, 9.17) is 10.5 Å². The molecule has 4 nitrogen and oxygen atoms in total. The second-order valence-electron chi connectivity index (χ2n) is 5.52. The number of carbonyl (C=O) groups excluding carboxylic acids is 1. The molecule has 21 heavy (non-hydrogen) atoms. The molecule has 0 aliphatic carbocycles. The third kappa shape index (κ3) is 5.23. The second kappa shape index (κ2) is 8.47. The zero-order valence-electron chi connectivity index (χ0n) is 13.2. The Kier molecular flexibility index (Phi) is 6.96. The van der Waals surface area contributed by atoms with Gasteiger partial charge in [0.25, 0.3) is 5.91 Å². The number of nitrogens with zero attached hydrogens (tertiary/aromatic N) is 1. The molecule has 116 valence electrons. The van der Waals surface area contributed by atoms with Gasteiger partial charge in [-0.1, -0.05) is 38.6 Å². The summed E-state index contributed by atoms with van der Waals surface area (Å²) in [6, 6.07) is 7.36. The Morgan fingerprint density at radius 1 is 1.43 bits per heavy atom. The molecule has 1 aromatic rings. The summed E-state index contributed by atoms with van der Waals surface area (Å²) < 4.78 is 5.53. The maximum atomic E-state index is 12.5. The average molecular weight is 290 g/mol. The first-order chi connectivity index (χ1) is 9.97. The van der Waals surface area contributed by atoms with Crippen molar-refractivity contribution >= 4 is 5.91 Å². The molecule has 0 saturated heterocycles. The molecule has 0 bridgehead atoms. The number of amides is 1. The van der Waals surface area contributed by atoms with Crippen molar-refractivity contribution in [3.8, 4) is 5.75 Å². The lowest BCUT2D eigenvalue weighted by atomic mass is 10.0. The Labute approximate surface area is 127 Å². The summed E-state index contributed by atoms with van der Waals surface area (Å²) in [5.41, 5.74) is 6.59. The van der Waals surface area contributed by atoms with Crippen LogP contribution in [-0.4, -0.2) is 37.0 Å². The predicted octanol–water partition coefficient (Wildman–Crippen LogP) is 2.70. The van der Waals surface area contributed by atoms with E-state index in [0.717, 1.165) is 6.42 Å². The Hall–Kier alpha value is -1.81. The van der Waals surface area contributed by atoms with E-state index < -0.39 is 0 Å². The SMILES string of the molecule is C=CCOc1ccccc1C(=O)N(C)CCC(N)C(C)C. The topological polar surface area (TPSA) is 55.6 Å². The molecule has 0 fully saturated rings. The number of hydrogen-bond acceptors (Lipinski definition) is 3. The van der Waals surface area contributed by atoms with E-state index in [2.05, 4.69) is 20.4 Å². The minimum Gasteiger partial charge on any atom is -0.489 e. The molecule has 0 heterocycles. The number of benzene rings is 1. The maximum absolute atomic E-state index is 12.5. The molecule has 1 unspecified atom stereocenters. The monoisotopic (exact) mass is 290 g/mol. The summed E-state index contributed by atoms with van der Waals surface area (Å²) >= 11 is 0. The van der Waals surface area contributed by atoms with Crippen molar-refractivity contribution in [3.63, 3.8) is 0 Å². The third-order valence-electron chi connectivity index (χ3n) is 3.48. The van der Waals surface area contributed by atoms with Crippen LogP contribution in [0, 0.1) is 5.92 Å². The molecule has 0 aliphatic heterocycles. The fourth-order valence-corrected chi connectivity index (χ4v) is 1.90. The van der Waals surface area contributed by atoms with Gasteiger partial charge in [0.05, 0.1) is 5.56 Å². The van der Waals surface area contributed by atoms with Crippen LogP contribution in [0.4, 0.5) is 0 Å². The zero-order chi connectivity index (χ0) is 15.8. The van der Waals surface area contributed by atoms with Crippen molar-refractivity contribution in [1.29, 1.82) is 0 Å². The van der Waals surface area contributed by atoms with E-state index in [1.807, 2.05) is 12.1 Å². The van der Waals surface area contributed by atoms with Crippen molar-refractivity contribution in [1.82, 2.24) is 4.90 Å². The highest BCUT2D eigenvalue weighted by atomic mass is 16.5. The molecule has 0 saturated carbocycles. The summed E-state index contributed by atoms with van der Waals surface area (Å²) in [7, 11) is 1.79. The number of hydrogen-bond donors (Lipinski definition) is 1. The van der Waals surface area contributed by atoms with Gasteiger partial charge in [-0.05, 0) is 24.5 Å². The molecule has 1 rings (SSSR count). The Morgan fingerprint density at radius 3 is 2.71 bits per heavy atom. The highest BCUT2D eigenvalue weighted by Gasteiger charge is 2.17. The van der Waals surface area contributed by atoms with Crippen LogP contribution in [0.15, 0.2) is 36.9 Å². The highest BCUT2D eigenvalue weighted by molar-refractivity contribution is 5.96. The smallest absolute Gasteiger partial charge is 0.257 e. The molecule has 4 heteroatoms. The van der Waals surface area contributed by atoms with Gasteiger partial charge in [-0.3, -0.25) is 4.79 Å². The quantitative estimate of drug-likeness (QED) is 0.749. The van der Waals surface area contributed by atoms with E-state index in [0.29, 0.717) is 30.4 Å². The standard InChI is InChI=1S/C17H26N2O2/c1-5-12-21-16-9-7-6-8-14(16)17(20)19(4)11-10-15(18)13(2)3/h5-9,13,15H,1,10-12,18H2,2-4H3. The predicted molar refractivity (Wildman–Crippen MR) is 86.5 cm³/mol. The first-order valence-corrected chi connectivity index (χ1v) is 7.31. The van der Waals surface area contributed by atoms with Crippen LogP contribution < -0.4 is 10.5 Å². The van der Waals surface area contributed by atoms with E-state index >= 15 is 0 Å². The third-order valence-corrected chi connectivity index (χ3v) is 3.48. The molecular weight excluding hydrogens is 264 g/mol. The van der Waals surface area contributed by atoms with Gasteiger partial charge < -0.3 is 15.4 Å². The van der Waals surface area contributed by atoms with Crippen LogP contribution >= 0.6 is 0 Å². The van der Waals surface area contributed by atoms with E-state index in [1.165, 1.54) is 0 Å². The van der Waals surface area contributed by atoms with E-state index in [9.17, 15) is 4.79 Å². The van der Waals surface area contributed by atoms with Crippen molar-refractivity contribution in [2.45, 2.75) is 26.3 Å². The van der Waals surface area contributed by atoms with Gasteiger partial charge in [-0.25, -0.2) is 0 Å². The van der Waals surface area contributed by atoms with Crippen LogP contribution in [0.5, 0.6) is 5.75 Å². The fraction of sp³-hybridized carbons (Fsp3) is 0.471. The van der Waals surface area contributed by atoms with Crippen LogP contribution in [0.1, 0.15) is 30.6 Å². The van der Waals surface area contributed by atoms with Gasteiger partial charge >= 0.3 is 0 Å². The summed E-state index contributed by atoms with van der Waals surface area (Å²) in [6.45, 7) is 8.81. The van der Waals surface area contributed by atoms with Crippen LogP contribution in [-0.2, 0) is 0 Å². The first-order valence-electron chi connectivity index (χ1n) is 7.31. The van der Waals surface area contributed by atoms with Crippen molar-refractivity contribution in [2.75, 3.05) is 20.2 Å². The normalized spacial score (nSPS) is 12.0. The first kappa shape index (κ1) is 17.2. The number of carbonyl (C=O) groups is 1. The van der Waals surface area contributed by atoms with Gasteiger partial charge in [0, 0.05) is 19.6 Å². The maximum Gasteiger partial charge on any atom is 0.257 e. The minimum absolute atomic E-state index is 0.0504. The molecule has 0 spiro atoms. The lowest BCUT2D eigenvalue weighted by Crippen LogP contribution is -2.34. The highest BCUT2D eigenvalue weighted by Crippen LogP contribution is 2.20. The summed E-state index contributed by atoms with van der Waals surface area (Å²) in [4.78, 5) is 14.2. The summed E-state index contributed by atoms with van der Waals surface area (Å²) in [5, 5.41) is 0. The van der Waals surface area contributed by atoms with Crippen molar-refractivity contribution < 1.29 is 9.53 Å². The Balaban J connectivity index is 2.71. The van der Waals surface area contributed by atoms with Crippen LogP contribution in [0.3, 0.4) is 0 Å². The summed E-state index contributed by atoms with van der Waals surface area (Å²) in [5.74, 6) is 0.949. The lowest BCUT2D eigenvalue weighted by molar-refractivity contribution is 0.0785. The summed E-state index contributed by atoms with van der Waals surface area (Å²) in [6.07, 6.45) is 2.45. The number of ether oxygens (including phenoxy) is 1. The molecular formula is C17H26N2O2. The van der Waals surface area contributed by atoms with Gasteiger partial charge in [-0.2, -0.15) is 0 Å². The molecule has 0 radical (unpaired) electrons. The van der Waals surface area contributed by atoms with Crippen LogP contribution in [0.2, 0.25) is 0 Å². The van der Waals surface area contributed by atoms with E-state index in [1.54, 1.807) is 30.2 Å². The Morgan fingerprint density at radius 2 is 2.10 bits per heavy atom. The number of para-hydroxylation sites is 1. The van der Waals surface area contributed by atoms with Gasteiger partial charge in [0.2, 0.25) is 0 Å². The Bertz CT molecular complexity index is 472. The largest absolute Gasteiger partial charge is 0.489 e. The lowest BCUT2D eigenvalue weighted by Gasteiger charge is -2.22. The van der Waals surface area contributed by atoms with Gasteiger partial charge in [-0.15, -0.1) is 0 Å². The molecule has 1 aromatic carbocycles. The average Bonchev–Trinajstić information content (AvgIpc) is 2.49. The molecule has 1 amide bonds.